The molecule has 1 atom stereocenters. The quantitative estimate of drug-likeness (QED) is 0.860. The standard InChI is InChI=1S/C16H25N5O2S/c1-3-4-10-24(22,23)21-9-5-6-13(11-21)20(2)16-14-7-8-17-15(14)18-12-19-16/h7-8,12-13H,3-6,9-11H2,1-2H3,(H,17,18,19). The molecule has 0 aliphatic carbocycles. The number of nitrogens with one attached hydrogen (secondary N) is 1. The third-order valence-corrected chi connectivity index (χ3v) is 6.65. The maximum atomic E-state index is 12.5. The highest BCUT2D eigenvalue weighted by molar-refractivity contribution is 7.89. The van der Waals surface area contributed by atoms with Crippen LogP contribution in [0.5, 0.6) is 0 Å². The van der Waals surface area contributed by atoms with Crippen LogP contribution in [0, 0.1) is 0 Å². The summed E-state index contributed by atoms with van der Waals surface area (Å²) in [5.41, 5.74) is 0.801. The van der Waals surface area contributed by atoms with Gasteiger partial charge in [0.2, 0.25) is 10.0 Å². The number of aromatic amines is 1. The average molecular weight is 351 g/mol. The number of hydrogen-bond donors (Lipinski definition) is 1. The predicted molar refractivity (Wildman–Crippen MR) is 95.6 cm³/mol. The molecule has 0 saturated carbocycles. The number of aromatic nitrogens is 3. The Balaban J connectivity index is 1.78. The molecule has 1 saturated heterocycles. The van der Waals surface area contributed by atoms with Gasteiger partial charge in [-0.15, -0.1) is 0 Å². The van der Waals surface area contributed by atoms with Crippen LogP contribution in [0.1, 0.15) is 32.6 Å². The fourth-order valence-electron chi connectivity index (χ4n) is 3.26. The summed E-state index contributed by atoms with van der Waals surface area (Å²) >= 11 is 0. The first-order chi connectivity index (χ1) is 11.5. The van der Waals surface area contributed by atoms with Crippen LogP contribution in [0.4, 0.5) is 5.82 Å². The second kappa shape index (κ2) is 7.06. The van der Waals surface area contributed by atoms with Crippen LogP contribution < -0.4 is 4.90 Å². The van der Waals surface area contributed by atoms with Gasteiger partial charge in [0, 0.05) is 32.4 Å². The van der Waals surface area contributed by atoms with Crippen LogP contribution in [-0.2, 0) is 10.0 Å². The molecule has 3 rings (SSSR count). The summed E-state index contributed by atoms with van der Waals surface area (Å²) in [6.07, 6.45) is 6.84. The van der Waals surface area contributed by atoms with E-state index in [-0.39, 0.29) is 11.8 Å². The highest BCUT2D eigenvalue weighted by atomic mass is 32.2. The fourth-order valence-corrected chi connectivity index (χ4v) is 4.98. The Kier molecular flexibility index (Phi) is 5.05. The van der Waals surface area contributed by atoms with Gasteiger partial charge in [0.25, 0.3) is 0 Å². The van der Waals surface area contributed by atoms with Crippen LogP contribution in [0.2, 0.25) is 0 Å². The lowest BCUT2D eigenvalue weighted by molar-refractivity contribution is 0.310. The summed E-state index contributed by atoms with van der Waals surface area (Å²) in [6, 6.07) is 2.09. The number of nitrogens with zero attached hydrogens (tertiary/aromatic N) is 4. The van der Waals surface area contributed by atoms with E-state index in [0.29, 0.717) is 13.1 Å². The molecule has 2 aromatic rings. The van der Waals surface area contributed by atoms with Crippen molar-refractivity contribution in [3.05, 3.63) is 18.6 Å². The number of sulfonamides is 1. The monoisotopic (exact) mass is 351 g/mol. The maximum absolute atomic E-state index is 12.5. The van der Waals surface area contributed by atoms with Crippen molar-refractivity contribution >= 4 is 26.9 Å². The first kappa shape index (κ1) is 17.2. The molecule has 1 aliphatic rings. The zero-order valence-electron chi connectivity index (χ0n) is 14.3. The SMILES string of the molecule is CCCCS(=O)(=O)N1CCCC(N(C)c2ncnc3[nH]ccc23)C1. The normalized spacial score (nSPS) is 19.7. The number of fused-ring (bicyclic) bond motifs is 1. The number of piperidine rings is 1. The highest BCUT2D eigenvalue weighted by Crippen LogP contribution is 2.26. The van der Waals surface area contributed by atoms with Crippen LogP contribution in [0.25, 0.3) is 11.0 Å². The Hall–Kier alpha value is -1.67. The Morgan fingerprint density at radius 1 is 1.42 bits per heavy atom. The Bertz CT molecular complexity index is 789. The first-order valence-corrected chi connectivity index (χ1v) is 10.1. The summed E-state index contributed by atoms with van der Waals surface area (Å²) in [5, 5.41) is 0.964. The number of unbranched alkanes of at least 4 members (excludes halogenated alkanes) is 1. The molecule has 132 valence electrons. The molecule has 8 heteroatoms. The summed E-state index contributed by atoms with van der Waals surface area (Å²) in [4.78, 5) is 13.8. The largest absolute Gasteiger partial charge is 0.355 e. The van der Waals surface area contributed by atoms with Crippen LogP contribution in [-0.4, -0.2) is 59.6 Å². The third-order valence-electron chi connectivity index (χ3n) is 4.72. The van der Waals surface area contributed by atoms with Crippen molar-refractivity contribution in [3.8, 4) is 0 Å². The number of H-pyrrole nitrogens is 1. The Labute approximate surface area is 143 Å². The second-order valence-electron chi connectivity index (χ2n) is 6.37. The Morgan fingerprint density at radius 2 is 2.25 bits per heavy atom. The molecule has 7 nitrogen and oxygen atoms in total. The molecule has 0 aromatic carbocycles. The molecule has 0 amide bonds. The maximum Gasteiger partial charge on any atom is 0.214 e. The van der Waals surface area contributed by atoms with E-state index in [0.717, 1.165) is 42.5 Å². The number of rotatable bonds is 6. The van der Waals surface area contributed by atoms with Gasteiger partial charge >= 0.3 is 0 Å². The summed E-state index contributed by atoms with van der Waals surface area (Å²) in [7, 11) is -1.17. The lowest BCUT2D eigenvalue weighted by atomic mass is 10.1. The van der Waals surface area contributed by atoms with E-state index in [9.17, 15) is 8.42 Å². The zero-order chi connectivity index (χ0) is 17.2. The molecule has 0 spiro atoms. The highest BCUT2D eigenvalue weighted by Gasteiger charge is 2.31. The van der Waals surface area contributed by atoms with Crippen LogP contribution >= 0.6 is 0 Å². The van der Waals surface area contributed by atoms with Gasteiger partial charge < -0.3 is 9.88 Å². The molecule has 1 N–H and O–H groups in total. The summed E-state index contributed by atoms with van der Waals surface area (Å²) < 4.78 is 26.6. The van der Waals surface area contributed by atoms with Crippen molar-refractivity contribution in [2.75, 3.05) is 30.8 Å². The van der Waals surface area contributed by atoms with Crippen molar-refractivity contribution in [2.45, 2.75) is 38.6 Å². The lowest BCUT2D eigenvalue weighted by Crippen LogP contribution is -2.49. The van der Waals surface area contributed by atoms with Crippen molar-refractivity contribution in [3.63, 3.8) is 0 Å². The number of anilines is 1. The topological polar surface area (TPSA) is 82.2 Å². The Morgan fingerprint density at radius 3 is 3.04 bits per heavy atom. The minimum absolute atomic E-state index is 0.128. The molecular formula is C16H25N5O2S. The van der Waals surface area contributed by atoms with E-state index < -0.39 is 10.0 Å². The molecule has 0 bridgehead atoms. The molecule has 1 aliphatic heterocycles. The van der Waals surface area contributed by atoms with Gasteiger partial charge in [-0.1, -0.05) is 13.3 Å². The predicted octanol–water partition coefficient (Wildman–Crippen LogP) is 1.99. The first-order valence-electron chi connectivity index (χ1n) is 8.51. The molecular weight excluding hydrogens is 326 g/mol. The van der Waals surface area contributed by atoms with Crippen molar-refractivity contribution in [1.29, 1.82) is 0 Å². The van der Waals surface area contributed by atoms with E-state index in [4.69, 9.17) is 0 Å². The third kappa shape index (κ3) is 3.39. The van der Waals surface area contributed by atoms with E-state index in [2.05, 4.69) is 19.9 Å². The lowest BCUT2D eigenvalue weighted by Gasteiger charge is -2.37. The minimum Gasteiger partial charge on any atom is -0.355 e. The molecule has 1 fully saturated rings. The fraction of sp³-hybridized carbons (Fsp3) is 0.625. The molecule has 1 unspecified atom stereocenters. The van der Waals surface area contributed by atoms with Crippen LogP contribution in [0.3, 0.4) is 0 Å². The molecule has 3 heterocycles. The van der Waals surface area contributed by atoms with Crippen molar-refractivity contribution in [2.24, 2.45) is 0 Å². The zero-order valence-corrected chi connectivity index (χ0v) is 15.1. The molecule has 24 heavy (non-hydrogen) atoms. The smallest absolute Gasteiger partial charge is 0.214 e. The average Bonchev–Trinajstić information content (AvgIpc) is 3.08. The molecule has 0 radical (unpaired) electrons. The summed E-state index contributed by atoms with van der Waals surface area (Å²) in [6.45, 7) is 3.16. The van der Waals surface area contributed by atoms with Crippen LogP contribution in [0.15, 0.2) is 18.6 Å². The van der Waals surface area contributed by atoms with E-state index in [1.165, 1.54) is 0 Å². The number of hydrogen-bond acceptors (Lipinski definition) is 5. The van der Waals surface area contributed by atoms with Gasteiger partial charge in [0.15, 0.2) is 0 Å². The van der Waals surface area contributed by atoms with Crippen molar-refractivity contribution < 1.29 is 8.42 Å². The van der Waals surface area contributed by atoms with E-state index in [1.807, 2.05) is 26.2 Å². The van der Waals surface area contributed by atoms with Gasteiger partial charge in [-0.2, -0.15) is 4.31 Å². The van der Waals surface area contributed by atoms with Gasteiger partial charge in [0.05, 0.1) is 11.1 Å². The van der Waals surface area contributed by atoms with Gasteiger partial charge in [-0.05, 0) is 25.3 Å². The van der Waals surface area contributed by atoms with Crippen molar-refractivity contribution in [1.82, 2.24) is 19.3 Å². The van der Waals surface area contributed by atoms with E-state index >= 15 is 0 Å². The van der Waals surface area contributed by atoms with E-state index in [1.54, 1.807) is 10.6 Å². The van der Waals surface area contributed by atoms with Gasteiger partial charge in [0.1, 0.15) is 17.8 Å². The minimum atomic E-state index is -3.16. The molecule has 2 aromatic heterocycles. The number of likely N-dealkylation sites (N-methyl/N-ethyl adjacent to an activating group) is 1. The second-order valence-corrected chi connectivity index (χ2v) is 8.46. The summed E-state index contributed by atoms with van der Waals surface area (Å²) in [5.74, 6) is 1.09. The van der Waals surface area contributed by atoms with Gasteiger partial charge in [-0.25, -0.2) is 18.4 Å². The van der Waals surface area contributed by atoms with Gasteiger partial charge in [-0.3, -0.25) is 0 Å².